The average Bonchev–Trinajstić information content (AvgIpc) is 2.95. The van der Waals surface area contributed by atoms with Gasteiger partial charge in [-0.15, -0.1) is 13.2 Å². The Balaban J connectivity index is 2.00. The van der Waals surface area contributed by atoms with Crippen molar-refractivity contribution in [2.45, 2.75) is 18.6 Å². The maximum absolute atomic E-state index is 11.8. The maximum Gasteiger partial charge on any atom is 0.573 e. The van der Waals surface area contributed by atoms with Crippen molar-refractivity contribution >= 4 is 0 Å². The zero-order chi connectivity index (χ0) is 11.8. The number of ether oxygens (including phenoxy) is 2. The molecule has 0 spiro atoms. The summed E-state index contributed by atoms with van der Waals surface area (Å²) in [5.41, 5.74) is 0.730. The topological polar surface area (TPSA) is 42.0 Å². The van der Waals surface area contributed by atoms with Crippen molar-refractivity contribution < 1.29 is 27.8 Å². The van der Waals surface area contributed by atoms with Gasteiger partial charge in [0, 0.05) is 0 Å². The molecule has 1 aromatic carbocycles. The summed E-state index contributed by atoms with van der Waals surface area (Å²) in [5, 5.41) is 8.75. The largest absolute Gasteiger partial charge is 0.573 e. The van der Waals surface area contributed by atoms with Gasteiger partial charge in [-0.25, -0.2) is 0 Å². The molecule has 1 aromatic rings. The van der Waals surface area contributed by atoms with E-state index in [2.05, 4.69) is 4.74 Å². The van der Waals surface area contributed by atoms with E-state index in [1.807, 2.05) is 0 Å². The quantitative estimate of drug-likeness (QED) is 0.813. The van der Waals surface area contributed by atoms with Crippen molar-refractivity contribution in [3.8, 4) is 5.75 Å². The van der Waals surface area contributed by atoms with Crippen molar-refractivity contribution in [2.75, 3.05) is 6.61 Å². The Morgan fingerprint density at radius 2 is 1.88 bits per heavy atom. The first kappa shape index (κ1) is 11.2. The highest BCUT2D eigenvalue weighted by Crippen LogP contribution is 2.38. The van der Waals surface area contributed by atoms with Gasteiger partial charge in [-0.2, -0.15) is 0 Å². The monoisotopic (exact) mass is 234 g/mol. The van der Waals surface area contributed by atoms with Crippen LogP contribution in [0.5, 0.6) is 5.75 Å². The predicted octanol–water partition coefficient (Wildman–Crippen LogP) is 2.02. The van der Waals surface area contributed by atoms with Gasteiger partial charge in [-0.05, 0) is 17.7 Å². The molecule has 0 saturated carbocycles. The van der Waals surface area contributed by atoms with Gasteiger partial charge in [0.1, 0.15) is 18.0 Å². The second kappa shape index (κ2) is 3.95. The van der Waals surface area contributed by atoms with Crippen molar-refractivity contribution in [1.82, 2.24) is 0 Å². The third-order valence-corrected chi connectivity index (χ3v) is 2.20. The van der Waals surface area contributed by atoms with Crippen LogP contribution in [0.4, 0.5) is 13.2 Å². The standard InChI is InChI=1S/C10H9F3O3/c11-10(12,13)16-7-3-1-6(2-4-7)9-8(5-14)15-9/h1-4,8-9,14H,5H2. The third-order valence-electron chi connectivity index (χ3n) is 2.20. The van der Waals surface area contributed by atoms with Crippen LogP contribution in [0, 0.1) is 0 Å². The van der Waals surface area contributed by atoms with E-state index in [0.717, 1.165) is 5.56 Å². The van der Waals surface area contributed by atoms with E-state index in [1.165, 1.54) is 24.3 Å². The number of alkyl halides is 3. The second-order valence-corrected chi connectivity index (χ2v) is 3.39. The summed E-state index contributed by atoms with van der Waals surface area (Å²) < 4.78 is 44.3. The van der Waals surface area contributed by atoms with E-state index >= 15 is 0 Å². The Morgan fingerprint density at radius 1 is 1.25 bits per heavy atom. The number of halogens is 3. The molecule has 6 heteroatoms. The summed E-state index contributed by atoms with van der Waals surface area (Å²) in [6, 6.07) is 5.42. The molecule has 0 aliphatic carbocycles. The van der Waals surface area contributed by atoms with Gasteiger partial charge in [-0.3, -0.25) is 0 Å². The second-order valence-electron chi connectivity index (χ2n) is 3.39. The lowest BCUT2D eigenvalue weighted by molar-refractivity contribution is -0.274. The molecule has 1 heterocycles. The van der Waals surface area contributed by atoms with Crippen LogP contribution in [0.1, 0.15) is 11.7 Å². The maximum atomic E-state index is 11.8. The summed E-state index contributed by atoms with van der Waals surface area (Å²) in [6.45, 7) is -0.0918. The molecule has 0 radical (unpaired) electrons. The first-order valence-corrected chi connectivity index (χ1v) is 4.61. The molecular formula is C10H9F3O3. The molecule has 2 unspecified atom stereocenters. The molecule has 1 aliphatic rings. The van der Waals surface area contributed by atoms with E-state index in [4.69, 9.17) is 9.84 Å². The van der Waals surface area contributed by atoms with Gasteiger partial charge in [0.2, 0.25) is 0 Å². The SMILES string of the molecule is OCC1OC1c1ccc(OC(F)(F)F)cc1. The van der Waals surface area contributed by atoms with Crippen molar-refractivity contribution in [1.29, 1.82) is 0 Å². The number of aliphatic hydroxyl groups is 1. The molecular weight excluding hydrogens is 225 g/mol. The van der Waals surface area contributed by atoms with Crippen LogP contribution in [0.15, 0.2) is 24.3 Å². The molecule has 3 nitrogen and oxygen atoms in total. The Morgan fingerprint density at radius 3 is 2.31 bits per heavy atom. The van der Waals surface area contributed by atoms with Crippen LogP contribution in [-0.4, -0.2) is 24.2 Å². The van der Waals surface area contributed by atoms with Crippen LogP contribution in [0.25, 0.3) is 0 Å². The van der Waals surface area contributed by atoms with E-state index in [0.29, 0.717) is 0 Å². The number of rotatable bonds is 3. The van der Waals surface area contributed by atoms with Crippen LogP contribution in [0.3, 0.4) is 0 Å². The summed E-state index contributed by atoms with van der Waals surface area (Å²) in [4.78, 5) is 0. The Labute approximate surface area is 89.4 Å². The smallest absolute Gasteiger partial charge is 0.406 e. The van der Waals surface area contributed by atoms with Crippen LogP contribution in [-0.2, 0) is 4.74 Å². The Hall–Kier alpha value is -1.27. The minimum absolute atomic E-state index is 0.0918. The number of benzene rings is 1. The fourth-order valence-electron chi connectivity index (χ4n) is 1.43. The molecule has 2 rings (SSSR count). The lowest BCUT2D eigenvalue weighted by Gasteiger charge is -2.08. The molecule has 1 fully saturated rings. The predicted molar refractivity (Wildman–Crippen MR) is 47.8 cm³/mol. The minimum Gasteiger partial charge on any atom is -0.406 e. The Bertz CT molecular complexity index is 361. The van der Waals surface area contributed by atoms with Crippen LogP contribution >= 0.6 is 0 Å². The first-order chi connectivity index (χ1) is 7.49. The highest BCUT2D eigenvalue weighted by molar-refractivity contribution is 5.30. The highest BCUT2D eigenvalue weighted by atomic mass is 19.4. The molecule has 0 aromatic heterocycles. The number of epoxide rings is 1. The zero-order valence-electron chi connectivity index (χ0n) is 8.07. The molecule has 1 N–H and O–H groups in total. The van der Waals surface area contributed by atoms with Gasteiger partial charge < -0.3 is 14.6 Å². The van der Waals surface area contributed by atoms with E-state index in [9.17, 15) is 13.2 Å². The van der Waals surface area contributed by atoms with Crippen LogP contribution < -0.4 is 4.74 Å². The fraction of sp³-hybridized carbons (Fsp3) is 0.400. The normalized spacial score (nSPS) is 24.2. The summed E-state index contributed by atoms with van der Waals surface area (Å²) >= 11 is 0. The van der Waals surface area contributed by atoms with Gasteiger partial charge in [0.25, 0.3) is 0 Å². The summed E-state index contributed by atoms with van der Waals surface area (Å²) in [6.07, 6.45) is -5.13. The first-order valence-electron chi connectivity index (χ1n) is 4.61. The van der Waals surface area contributed by atoms with Gasteiger partial charge in [-0.1, -0.05) is 12.1 Å². The van der Waals surface area contributed by atoms with Crippen molar-refractivity contribution in [3.05, 3.63) is 29.8 Å². The molecule has 1 aliphatic heterocycles. The van der Waals surface area contributed by atoms with Crippen molar-refractivity contribution in [2.24, 2.45) is 0 Å². The average molecular weight is 234 g/mol. The minimum atomic E-state index is -4.68. The molecule has 0 amide bonds. The lowest BCUT2D eigenvalue weighted by Crippen LogP contribution is -2.17. The molecule has 2 atom stereocenters. The summed E-state index contributed by atoms with van der Waals surface area (Å²) in [5.74, 6) is -0.266. The number of hydrogen-bond acceptors (Lipinski definition) is 3. The van der Waals surface area contributed by atoms with E-state index < -0.39 is 6.36 Å². The van der Waals surface area contributed by atoms with Gasteiger partial charge >= 0.3 is 6.36 Å². The number of hydrogen-bond donors (Lipinski definition) is 1. The molecule has 0 bridgehead atoms. The zero-order valence-corrected chi connectivity index (χ0v) is 8.07. The number of aliphatic hydroxyl groups excluding tert-OH is 1. The fourth-order valence-corrected chi connectivity index (χ4v) is 1.43. The lowest BCUT2D eigenvalue weighted by atomic mass is 10.1. The molecule has 1 saturated heterocycles. The molecule has 16 heavy (non-hydrogen) atoms. The highest BCUT2D eigenvalue weighted by Gasteiger charge is 2.39. The van der Waals surface area contributed by atoms with Gasteiger partial charge in [0.15, 0.2) is 0 Å². The van der Waals surface area contributed by atoms with E-state index in [-0.39, 0.29) is 24.6 Å². The Kier molecular flexibility index (Phi) is 2.77. The van der Waals surface area contributed by atoms with E-state index in [1.54, 1.807) is 0 Å². The molecule has 88 valence electrons. The van der Waals surface area contributed by atoms with Crippen LogP contribution in [0.2, 0.25) is 0 Å². The third kappa shape index (κ3) is 2.65. The summed E-state index contributed by atoms with van der Waals surface area (Å²) in [7, 11) is 0. The van der Waals surface area contributed by atoms with Gasteiger partial charge in [0.05, 0.1) is 6.61 Å². The van der Waals surface area contributed by atoms with Crippen molar-refractivity contribution in [3.63, 3.8) is 0 Å².